The molecule has 4 rings (SSSR count). The van der Waals surface area contributed by atoms with Gasteiger partial charge in [0.2, 0.25) is 0 Å². The van der Waals surface area contributed by atoms with Crippen LogP contribution in [0.5, 0.6) is 0 Å². The first-order chi connectivity index (χ1) is 10.9. The number of hydrogen-bond acceptors (Lipinski definition) is 1. The fourth-order valence-corrected chi connectivity index (χ4v) is 7.80. The number of aliphatic hydroxyl groups is 1. The Hall–Kier alpha value is -0.520. The van der Waals surface area contributed by atoms with Gasteiger partial charge >= 0.3 is 0 Å². The van der Waals surface area contributed by atoms with Crippen molar-refractivity contribution >= 4 is 0 Å². The predicted molar refractivity (Wildman–Crippen MR) is 95.0 cm³/mol. The number of allylic oxidation sites excluding steroid dienone is 1. The van der Waals surface area contributed by atoms with Gasteiger partial charge in [0, 0.05) is 5.41 Å². The molecule has 0 aliphatic heterocycles. The number of fused-ring (bicyclic) bond motifs is 5. The molecule has 0 amide bonds. The van der Waals surface area contributed by atoms with E-state index in [-0.39, 0.29) is 11.5 Å². The third-order valence-corrected chi connectivity index (χ3v) is 9.07. The van der Waals surface area contributed by atoms with E-state index in [1.54, 1.807) is 0 Å². The van der Waals surface area contributed by atoms with Gasteiger partial charge in [-0.1, -0.05) is 26.8 Å². The van der Waals surface area contributed by atoms with Gasteiger partial charge in [-0.3, -0.25) is 0 Å². The van der Waals surface area contributed by atoms with E-state index in [0.29, 0.717) is 10.8 Å². The molecular formula is C22H34O. The molecule has 128 valence electrons. The first-order valence-electron chi connectivity index (χ1n) is 9.99. The monoisotopic (exact) mass is 314 g/mol. The van der Waals surface area contributed by atoms with Crippen molar-refractivity contribution in [3.05, 3.63) is 18.4 Å². The second kappa shape index (κ2) is 5.24. The molecule has 0 aromatic heterocycles. The van der Waals surface area contributed by atoms with Gasteiger partial charge in [-0.25, -0.2) is 0 Å². The summed E-state index contributed by atoms with van der Waals surface area (Å²) in [6, 6.07) is 0. The van der Waals surface area contributed by atoms with E-state index in [1.807, 2.05) is 0 Å². The van der Waals surface area contributed by atoms with E-state index >= 15 is 0 Å². The first-order valence-corrected chi connectivity index (χ1v) is 9.99. The molecule has 0 aromatic rings. The average Bonchev–Trinajstić information content (AvgIpc) is 2.90. The van der Waals surface area contributed by atoms with Crippen LogP contribution in [0.25, 0.3) is 0 Å². The van der Waals surface area contributed by atoms with Crippen LogP contribution >= 0.6 is 0 Å². The molecule has 0 saturated heterocycles. The smallest absolute Gasteiger partial charge is 0.0549 e. The maximum Gasteiger partial charge on any atom is 0.0549 e. The van der Waals surface area contributed by atoms with Crippen molar-refractivity contribution in [3.63, 3.8) is 0 Å². The van der Waals surface area contributed by atoms with E-state index in [4.69, 9.17) is 0 Å². The molecule has 7 atom stereocenters. The molecule has 4 saturated carbocycles. The Bertz CT molecular complexity index is 532. The summed E-state index contributed by atoms with van der Waals surface area (Å²) >= 11 is 0. The predicted octanol–water partition coefficient (Wildman–Crippen LogP) is 5.49. The molecule has 1 nitrogen and oxygen atoms in total. The lowest BCUT2D eigenvalue weighted by Crippen LogP contribution is -2.58. The summed E-state index contributed by atoms with van der Waals surface area (Å²) < 4.78 is 0. The van der Waals surface area contributed by atoms with Crippen molar-refractivity contribution in [2.24, 2.45) is 34.0 Å². The summed E-state index contributed by atoms with van der Waals surface area (Å²) in [5, 5.41) is 10.4. The van der Waals surface area contributed by atoms with E-state index in [9.17, 15) is 5.11 Å². The zero-order valence-corrected chi connectivity index (χ0v) is 15.1. The van der Waals surface area contributed by atoms with Gasteiger partial charge in [-0.05, 0) is 92.4 Å². The highest BCUT2D eigenvalue weighted by atomic mass is 16.3. The van der Waals surface area contributed by atoms with Crippen LogP contribution < -0.4 is 0 Å². The Morgan fingerprint density at radius 2 is 1.83 bits per heavy atom. The molecule has 4 aliphatic carbocycles. The summed E-state index contributed by atoms with van der Waals surface area (Å²) in [6.45, 7) is 9.04. The third kappa shape index (κ3) is 2.09. The Morgan fingerprint density at radius 3 is 2.61 bits per heavy atom. The largest absolute Gasteiger partial charge is 0.393 e. The van der Waals surface area contributed by atoms with Gasteiger partial charge in [0.15, 0.2) is 0 Å². The van der Waals surface area contributed by atoms with Crippen molar-refractivity contribution in [1.82, 2.24) is 0 Å². The topological polar surface area (TPSA) is 20.2 Å². The zero-order valence-electron chi connectivity index (χ0n) is 15.1. The van der Waals surface area contributed by atoms with Gasteiger partial charge in [-0.2, -0.15) is 0 Å². The maximum atomic E-state index is 10.4. The standard InChI is InChI=1S/C22H34O/c1-4-10-22-14-8-17-18-6-5-11-20(18,2)12-9-19(17)21(22,3)13-7-16(23)15-22/h10,16-19,23H,1,5-9,11-15H2,2-3H3/t16-,17-,18-,19-,20-,21+,22?/m0/s1. The molecule has 0 heterocycles. The Kier molecular flexibility index (Phi) is 3.64. The minimum atomic E-state index is -0.121. The van der Waals surface area contributed by atoms with Crippen molar-refractivity contribution < 1.29 is 5.11 Å². The maximum absolute atomic E-state index is 10.4. The highest BCUT2D eigenvalue weighted by Crippen LogP contribution is 2.70. The molecule has 4 fully saturated rings. The highest BCUT2D eigenvalue weighted by Gasteiger charge is 2.62. The van der Waals surface area contributed by atoms with Gasteiger partial charge < -0.3 is 5.11 Å². The highest BCUT2D eigenvalue weighted by molar-refractivity contribution is 5.17. The van der Waals surface area contributed by atoms with Gasteiger partial charge in [-0.15, -0.1) is 5.73 Å². The quantitative estimate of drug-likeness (QED) is 0.634. The van der Waals surface area contributed by atoms with E-state index in [0.717, 1.165) is 30.6 Å². The van der Waals surface area contributed by atoms with Crippen LogP contribution in [-0.2, 0) is 0 Å². The lowest BCUT2D eigenvalue weighted by molar-refractivity contribution is -0.153. The number of aliphatic hydroxyl groups excluding tert-OH is 1. The average molecular weight is 315 g/mol. The lowest BCUT2D eigenvalue weighted by atomic mass is 9.40. The van der Waals surface area contributed by atoms with Crippen molar-refractivity contribution in [2.75, 3.05) is 0 Å². The Labute approximate surface area is 142 Å². The lowest BCUT2D eigenvalue weighted by Gasteiger charge is -2.64. The Balaban J connectivity index is 1.72. The Morgan fingerprint density at radius 1 is 1.00 bits per heavy atom. The van der Waals surface area contributed by atoms with Gasteiger partial charge in [0.1, 0.15) is 0 Å². The summed E-state index contributed by atoms with van der Waals surface area (Å²) in [4.78, 5) is 0. The fraction of sp³-hybridized carbons (Fsp3) is 0.864. The molecular weight excluding hydrogens is 280 g/mol. The van der Waals surface area contributed by atoms with Crippen LogP contribution in [0.3, 0.4) is 0 Å². The minimum absolute atomic E-state index is 0.121. The molecule has 0 bridgehead atoms. The number of hydrogen-bond donors (Lipinski definition) is 1. The zero-order chi connectivity index (χ0) is 16.3. The van der Waals surface area contributed by atoms with Crippen LogP contribution in [0.2, 0.25) is 0 Å². The third-order valence-electron chi connectivity index (χ3n) is 9.07. The molecule has 1 N–H and O–H groups in total. The van der Waals surface area contributed by atoms with E-state index in [1.165, 1.54) is 51.4 Å². The van der Waals surface area contributed by atoms with Crippen molar-refractivity contribution in [1.29, 1.82) is 0 Å². The van der Waals surface area contributed by atoms with Gasteiger partial charge in [0.05, 0.1) is 6.10 Å². The van der Waals surface area contributed by atoms with Crippen molar-refractivity contribution in [2.45, 2.75) is 84.2 Å². The van der Waals surface area contributed by atoms with Crippen LogP contribution in [-0.4, -0.2) is 11.2 Å². The summed E-state index contributed by atoms with van der Waals surface area (Å²) in [5.74, 6) is 2.75. The molecule has 4 aliphatic rings. The second-order valence-corrected chi connectivity index (χ2v) is 9.82. The normalized spacial score (nSPS) is 55.3. The van der Waals surface area contributed by atoms with Crippen LogP contribution in [0.1, 0.15) is 78.1 Å². The molecule has 1 unspecified atom stereocenters. The molecule has 0 spiro atoms. The molecule has 1 heteroatoms. The van der Waals surface area contributed by atoms with Crippen LogP contribution in [0.4, 0.5) is 0 Å². The molecule has 0 radical (unpaired) electrons. The minimum Gasteiger partial charge on any atom is -0.393 e. The second-order valence-electron chi connectivity index (χ2n) is 9.82. The van der Waals surface area contributed by atoms with Crippen LogP contribution in [0.15, 0.2) is 18.4 Å². The van der Waals surface area contributed by atoms with Crippen molar-refractivity contribution in [3.8, 4) is 0 Å². The SMILES string of the molecule is C=C=CC12CC[C@H]3[C@@H]4CCC[C@@]4(C)CC[C@@H]3[C@@]1(C)CC[C@H](O)C2. The van der Waals surface area contributed by atoms with Crippen LogP contribution in [0, 0.1) is 34.0 Å². The van der Waals surface area contributed by atoms with Gasteiger partial charge in [0.25, 0.3) is 0 Å². The summed E-state index contributed by atoms with van der Waals surface area (Å²) in [7, 11) is 0. The first kappa shape index (κ1) is 16.0. The summed E-state index contributed by atoms with van der Waals surface area (Å²) in [5.41, 5.74) is 4.28. The summed E-state index contributed by atoms with van der Waals surface area (Å²) in [6.07, 6.45) is 15.1. The molecule has 0 aromatic carbocycles. The van der Waals surface area contributed by atoms with E-state index < -0.39 is 0 Å². The van der Waals surface area contributed by atoms with E-state index in [2.05, 4.69) is 32.2 Å². The fourth-order valence-electron chi connectivity index (χ4n) is 7.80. The molecule has 23 heavy (non-hydrogen) atoms. The number of rotatable bonds is 1.